The van der Waals surface area contributed by atoms with Gasteiger partial charge in [-0.1, -0.05) is 214 Å². The molecule has 0 aliphatic heterocycles. The molecule has 0 heteroatoms. The summed E-state index contributed by atoms with van der Waals surface area (Å²) in [6.07, 6.45) is 0. The highest BCUT2D eigenvalue weighted by atomic mass is 14.4. The van der Waals surface area contributed by atoms with Crippen LogP contribution in [0.1, 0.15) is 25.0 Å². The second-order valence-corrected chi connectivity index (χ2v) is 17.7. The van der Waals surface area contributed by atoms with E-state index in [1.54, 1.807) is 0 Å². The van der Waals surface area contributed by atoms with Crippen molar-refractivity contribution in [3.63, 3.8) is 0 Å². The topological polar surface area (TPSA) is 0 Å². The highest BCUT2D eigenvalue weighted by molar-refractivity contribution is 6.22. The van der Waals surface area contributed by atoms with Crippen LogP contribution < -0.4 is 0 Å². The lowest BCUT2D eigenvalue weighted by Gasteiger charge is -2.24. The Morgan fingerprint density at radius 1 is 0.238 bits per heavy atom. The van der Waals surface area contributed by atoms with Crippen molar-refractivity contribution < 1.29 is 0 Å². The summed E-state index contributed by atoms with van der Waals surface area (Å²) in [7, 11) is 0. The molecular weight excluding hydrogens is 757 g/mol. The summed E-state index contributed by atoms with van der Waals surface area (Å²) >= 11 is 0. The quantitative estimate of drug-likeness (QED) is 0.147. The van der Waals surface area contributed by atoms with Gasteiger partial charge in [0.1, 0.15) is 0 Å². The maximum atomic E-state index is 2.54. The Kier molecular flexibility index (Phi) is 8.63. The third-order valence-corrected chi connectivity index (χ3v) is 13.7. The Morgan fingerprint density at radius 2 is 0.587 bits per heavy atom. The highest BCUT2D eigenvalue weighted by Crippen LogP contribution is 2.54. The molecular formula is C63H44. The lowest BCUT2D eigenvalue weighted by atomic mass is 9.79. The molecule has 0 fully saturated rings. The SMILES string of the molecule is CC1(C)c2cc(-c3ccc4cc(-c5ccccc5)ccc4c3)ccc2-c2cc3c(-c4ccc(-c5ccccc5)cc4)c4ccccc4c(-c4ccc(-c5ccccc5)cc4)c3cc21. The van der Waals surface area contributed by atoms with Gasteiger partial charge in [0, 0.05) is 5.41 Å². The summed E-state index contributed by atoms with van der Waals surface area (Å²) in [6.45, 7) is 4.83. The van der Waals surface area contributed by atoms with Crippen LogP contribution >= 0.6 is 0 Å². The first kappa shape index (κ1) is 37.0. The smallest absolute Gasteiger partial charge is 0.0159 e. The van der Waals surface area contributed by atoms with Gasteiger partial charge in [-0.15, -0.1) is 0 Å². The number of hydrogen-bond acceptors (Lipinski definition) is 0. The van der Waals surface area contributed by atoms with E-state index in [2.05, 4.69) is 244 Å². The van der Waals surface area contributed by atoms with E-state index in [0.29, 0.717) is 0 Å². The van der Waals surface area contributed by atoms with E-state index in [-0.39, 0.29) is 5.41 Å². The van der Waals surface area contributed by atoms with Crippen LogP contribution in [0.2, 0.25) is 0 Å². The predicted molar refractivity (Wildman–Crippen MR) is 269 cm³/mol. The van der Waals surface area contributed by atoms with Crippen molar-refractivity contribution in [2.24, 2.45) is 0 Å². The summed E-state index contributed by atoms with van der Waals surface area (Å²) in [5, 5.41) is 7.60. The average molecular weight is 801 g/mol. The zero-order chi connectivity index (χ0) is 42.1. The molecule has 0 unspecified atom stereocenters. The van der Waals surface area contributed by atoms with Crippen LogP contribution in [0.3, 0.4) is 0 Å². The molecule has 0 saturated carbocycles. The van der Waals surface area contributed by atoms with Crippen molar-refractivity contribution >= 4 is 32.3 Å². The van der Waals surface area contributed by atoms with Crippen molar-refractivity contribution in [3.05, 3.63) is 242 Å². The molecule has 296 valence electrons. The lowest BCUT2D eigenvalue weighted by molar-refractivity contribution is 0.661. The predicted octanol–water partition coefficient (Wildman–Crippen LogP) is 17.5. The van der Waals surface area contributed by atoms with E-state index < -0.39 is 0 Å². The standard InChI is InChI=1S/C63H44/c1-63(2)59-38-52(51-33-32-49-36-48(30-31-50(49)37-51)43-18-10-5-11-19-43)34-35-53(59)56-39-57-58(40-60(56)63)62(47-28-24-45(25-29-47)42-16-8-4-9-17-42)55-21-13-12-20-54(55)61(57)46-26-22-44(23-27-46)41-14-6-3-7-15-41/h3-40H,1-2H3. The Bertz CT molecular complexity index is 3520. The van der Waals surface area contributed by atoms with E-state index >= 15 is 0 Å². The van der Waals surface area contributed by atoms with Gasteiger partial charge in [0.2, 0.25) is 0 Å². The first-order valence-electron chi connectivity index (χ1n) is 22.1. The Morgan fingerprint density at radius 3 is 1.10 bits per heavy atom. The largest absolute Gasteiger partial charge is 0.0622 e. The maximum absolute atomic E-state index is 2.54. The first-order chi connectivity index (χ1) is 31.0. The molecule has 11 aromatic carbocycles. The third kappa shape index (κ3) is 6.21. The number of benzene rings is 11. The fraction of sp³-hybridized carbons (Fsp3) is 0.0476. The van der Waals surface area contributed by atoms with E-state index in [9.17, 15) is 0 Å². The normalized spacial score (nSPS) is 12.7. The van der Waals surface area contributed by atoms with Crippen LogP contribution in [0.4, 0.5) is 0 Å². The summed E-state index contributed by atoms with van der Waals surface area (Å²) in [4.78, 5) is 0. The average Bonchev–Trinajstić information content (AvgIpc) is 3.57. The van der Waals surface area contributed by atoms with Crippen LogP contribution in [0.25, 0.3) is 110 Å². The van der Waals surface area contributed by atoms with Crippen molar-refractivity contribution in [1.29, 1.82) is 0 Å². The minimum atomic E-state index is -0.214. The second kappa shape index (κ2) is 14.7. The van der Waals surface area contributed by atoms with Crippen LogP contribution in [0.5, 0.6) is 0 Å². The van der Waals surface area contributed by atoms with Crippen molar-refractivity contribution in [3.8, 4) is 77.9 Å². The molecule has 0 spiro atoms. The lowest BCUT2D eigenvalue weighted by Crippen LogP contribution is -2.15. The minimum absolute atomic E-state index is 0.214. The van der Waals surface area contributed by atoms with Crippen molar-refractivity contribution in [2.75, 3.05) is 0 Å². The molecule has 0 aromatic heterocycles. The zero-order valence-corrected chi connectivity index (χ0v) is 35.4. The van der Waals surface area contributed by atoms with Crippen molar-refractivity contribution in [1.82, 2.24) is 0 Å². The molecule has 0 atom stereocenters. The van der Waals surface area contributed by atoms with Gasteiger partial charge < -0.3 is 0 Å². The van der Waals surface area contributed by atoms with E-state index in [1.165, 1.54) is 121 Å². The zero-order valence-electron chi connectivity index (χ0n) is 35.4. The molecule has 0 heterocycles. The molecule has 1 aliphatic carbocycles. The Hall–Kier alpha value is -7.80. The van der Waals surface area contributed by atoms with E-state index in [0.717, 1.165) is 0 Å². The number of rotatable bonds is 6. The van der Waals surface area contributed by atoms with Crippen LogP contribution in [0, 0.1) is 0 Å². The molecule has 11 aromatic rings. The van der Waals surface area contributed by atoms with Crippen LogP contribution in [-0.2, 0) is 5.41 Å². The summed E-state index contributed by atoms with van der Waals surface area (Å²) in [5.74, 6) is 0. The Labute approximate surface area is 369 Å². The van der Waals surface area contributed by atoms with Gasteiger partial charge in [-0.3, -0.25) is 0 Å². The molecule has 1 aliphatic rings. The molecule has 0 bridgehead atoms. The number of fused-ring (bicyclic) bond motifs is 6. The van der Waals surface area contributed by atoms with Crippen LogP contribution in [-0.4, -0.2) is 0 Å². The second-order valence-electron chi connectivity index (χ2n) is 17.7. The van der Waals surface area contributed by atoms with Gasteiger partial charge in [-0.25, -0.2) is 0 Å². The van der Waals surface area contributed by atoms with Gasteiger partial charge in [0.25, 0.3) is 0 Å². The van der Waals surface area contributed by atoms with Gasteiger partial charge in [0.05, 0.1) is 0 Å². The first-order valence-corrected chi connectivity index (χ1v) is 22.1. The van der Waals surface area contributed by atoms with Gasteiger partial charge in [0.15, 0.2) is 0 Å². The maximum Gasteiger partial charge on any atom is 0.0159 e. The molecule has 0 N–H and O–H groups in total. The van der Waals surface area contributed by atoms with Gasteiger partial charge in [-0.05, 0) is 152 Å². The summed E-state index contributed by atoms with van der Waals surface area (Å²) in [5.41, 5.74) is 20.1. The minimum Gasteiger partial charge on any atom is -0.0622 e. The molecule has 12 rings (SSSR count). The fourth-order valence-corrected chi connectivity index (χ4v) is 10.4. The molecule has 0 saturated heterocycles. The van der Waals surface area contributed by atoms with Crippen LogP contribution in [0.15, 0.2) is 231 Å². The van der Waals surface area contributed by atoms with Gasteiger partial charge in [-0.2, -0.15) is 0 Å². The van der Waals surface area contributed by atoms with E-state index in [1.807, 2.05) is 0 Å². The summed E-state index contributed by atoms with van der Waals surface area (Å²) in [6, 6.07) is 85.4. The fourth-order valence-electron chi connectivity index (χ4n) is 10.4. The number of hydrogen-bond donors (Lipinski definition) is 0. The molecule has 0 radical (unpaired) electrons. The van der Waals surface area contributed by atoms with E-state index in [4.69, 9.17) is 0 Å². The van der Waals surface area contributed by atoms with Crippen molar-refractivity contribution in [2.45, 2.75) is 19.3 Å². The third-order valence-electron chi connectivity index (χ3n) is 13.7. The highest BCUT2D eigenvalue weighted by Gasteiger charge is 2.37. The molecule has 63 heavy (non-hydrogen) atoms. The molecule has 0 amide bonds. The summed E-state index contributed by atoms with van der Waals surface area (Å²) < 4.78 is 0. The monoisotopic (exact) mass is 800 g/mol. The molecule has 0 nitrogen and oxygen atoms in total. The Balaban J connectivity index is 1.04. The van der Waals surface area contributed by atoms with Gasteiger partial charge >= 0.3 is 0 Å².